The van der Waals surface area contributed by atoms with Gasteiger partial charge in [0.05, 0.1) is 0 Å². The van der Waals surface area contributed by atoms with E-state index in [-0.39, 0.29) is 11.5 Å². The van der Waals surface area contributed by atoms with E-state index in [1.54, 1.807) is 0 Å². The van der Waals surface area contributed by atoms with Crippen LogP contribution < -0.4 is 5.73 Å². The average molecular weight is 224 g/mol. The highest BCUT2D eigenvalue weighted by Crippen LogP contribution is 2.46. The molecule has 0 heterocycles. The number of hydrogen-bond acceptors (Lipinski definition) is 1. The van der Waals surface area contributed by atoms with Crippen LogP contribution in [0.3, 0.4) is 0 Å². The minimum absolute atomic E-state index is 0.124. The Labute approximate surface area is 96.6 Å². The van der Waals surface area contributed by atoms with Crippen LogP contribution in [0, 0.1) is 5.41 Å². The summed E-state index contributed by atoms with van der Waals surface area (Å²) in [5.74, 6) is 0. The molecule has 15 heavy (non-hydrogen) atoms. The largest absolute Gasteiger partial charge is 0.323 e. The molecule has 0 spiro atoms. The van der Waals surface area contributed by atoms with Crippen LogP contribution in [0.2, 0.25) is 5.02 Å². The van der Waals surface area contributed by atoms with Crippen LogP contribution in [-0.2, 0) is 0 Å². The van der Waals surface area contributed by atoms with E-state index in [1.165, 1.54) is 31.2 Å². The van der Waals surface area contributed by atoms with Crippen LogP contribution in [0.5, 0.6) is 0 Å². The van der Waals surface area contributed by atoms with E-state index in [4.69, 9.17) is 17.3 Å². The van der Waals surface area contributed by atoms with Crippen LogP contribution in [0.4, 0.5) is 0 Å². The molecule has 1 aromatic carbocycles. The zero-order chi connectivity index (χ0) is 10.9. The van der Waals surface area contributed by atoms with Crippen molar-refractivity contribution >= 4 is 11.6 Å². The van der Waals surface area contributed by atoms with Gasteiger partial charge >= 0.3 is 0 Å². The molecule has 2 rings (SSSR count). The third-order valence-electron chi connectivity index (χ3n) is 3.70. The fourth-order valence-corrected chi connectivity index (χ4v) is 2.79. The van der Waals surface area contributed by atoms with Gasteiger partial charge in [-0.25, -0.2) is 0 Å². The molecule has 1 nitrogen and oxygen atoms in total. The van der Waals surface area contributed by atoms with Crippen LogP contribution in [0.1, 0.15) is 44.2 Å². The Morgan fingerprint density at radius 3 is 2.60 bits per heavy atom. The van der Waals surface area contributed by atoms with E-state index in [0.29, 0.717) is 0 Å². The zero-order valence-corrected chi connectivity index (χ0v) is 9.93. The monoisotopic (exact) mass is 223 g/mol. The van der Waals surface area contributed by atoms with E-state index >= 15 is 0 Å². The van der Waals surface area contributed by atoms with Crippen molar-refractivity contribution < 1.29 is 0 Å². The molecule has 1 unspecified atom stereocenters. The molecular formula is C13H18ClN. The van der Waals surface area contributed by atoms with Crippen molar-refractivity contribution in [3.63, 3.8) is 0 Å². The van der Waals surface area contributed by atoms with Gasteiger partial charge in [-0.3, -0.25) is 0 Å². The van der Waals surface area contributed by atoms with E-state index in [9.17, 15) is 0 Å². The van der Waals surface area contributed by atoms with Crippen molar-refractivity contribution in [3.05, 3.63) is 34.9 Å². The van der Waals surface area contributed by atoms with Crippen molar-refractivity contribution in [1.29, 1.82) is 0 Å². The molecule has 0 aromatic heterocycles. The van der Waals surface area contributed by atoms with Crippen molar-refractivity contribution in [2.45, 2.75) is 38.6 Å². The van der Waals surface area contributed by atoms with Crippen LogP contribution in [-0.4, -0.2) is 0 Å². The number of nitrogens with two attached hydrogens (primary N) is 1. The summed E-state index contributed by atoms with van der Waals surface area (Å²) in [5, 5.41) is 0.782. The summed E-state index contributed by atoms with van der Waals surface area (Å²) in [6.07, 6.45) is 5.09. The lowest BCUT2D eigenvalue weighted by Crippen LogP contribution is -2.29. The predicted molar refractivity (Wildman–Crippen MR) is 65.0 cm³/mol. The molecule has 0 saturated heterocycles. The molecule has 1 aromatic rings. The van der Waals surface area contributed by atoms with Crippen LogP contribution in [0.25, 0.3) is 0 Å². The van der Waals surface area contributed by atoms with Gasteiger partial charge in [-0.15, -0.1) is 0 Å². The van der Waals surface area contributed by atoms with E-state index in [2.05, 4.69) is 13.0 Å². The van der Waals surface area contributed by atoms with Gasteiger partial charge in [0.25, 0.3) is 0 Å². The van der Waals surface area contributed by atoms with E-state index in [0.717, 1.165) is 5.02 Å². The second-order valence-electron chi connectivity index (χ2n) is 4.89. The lowest BCUT2D eigenvalue weighted by molar-refractivity contribution is 0.265. The maximum Gasteiger partial charge on any atom is 0.0409 e. The second kappa shape index (κ2) is 4.15. The van der Waals surface area contributed by atoms with Crippen molar-refractivity contribution in [1.82, 2.24) is 0 Å². The molecule has 1 atom stereocenters. The molecular weight excluding hydrogens is 206 g/mol. The molecule has 0 amide bonds. The molecule has 1 aliphatic carbocycles. The van der Waals surface area contributed by atoms with Gasteiger partial charge in [-0.1, -0.05) is 43.5 Å². The van der Waals surface area contributed by atoms with Gasteiger partial charge in [0, 0.05) is 11.1 Å². The lowest BCUT2D eigenvalue weighted by atomic mass is 9.78. The average Bonchev–Trinajstić information content (AvgIpc) is 2.65. The van der Waals surface area contributed by atoms with E-state index < -0.39 is 0 Å². The maximum atomic E-state index is 6.34. The minimum atomic E-state index is 0.124. The highest BCUT2D eigenvalue weighted by Gasteiger charge is 2.35. The fourth-order valence-electron chi connectivity index (χ4n) is 2.60. The number of hydrogen-bond donors (Lipinski definition) is 1. The number of halogens is 1. The second-order valence-corrected chi connectivity index (χ2v) is 5.33. The van der Waals surface area contributed by atoms with Gasteiger partial charge in [0.1, 0.15) is 0 Å². The topological polar surface area (TPSA) is 26.0 Å². The predicted octanol–water partition coefficient (Wildman–Crippen LogP) is 3.92. The Hall–Kier alpha value is -0.530. The highest BCUT2D eigenvalue weighted by atomic mass is 35.5. The number of benzene rings is 1. The summed E-state index contributed by atoms with van der Waals surface area (Å²) in [5.41, 5.74) is 7.79. The Morgan fingerprint density at radius 1 is 1.33 bits per heavy atom. The van der Waals surface area contributed by atoms with Gasteiger partial charge in [0.15, 0.2) is 0 Å². The summed E-state index contributed by atoms with van der Waals surface area (Å²) in [6, 6.07) is 8.08. The SMILES string of the molecule is CC1(C(N)c2cccc(Cl)c2)CCCC1. The first-order valence-electron chi connectivity index (χ1n) is 5.63. The summed E-state index contributed by atoms with van der Waals surface area (Å²) >= 11 is 5.99. The number of rotatable bonds is 2. The molecule has 1 aliphatic rings. The molecule has 0 aliphatic heterocycles. The Morgan fingerprint density at radius 2 is 2.00 bits per heavy atom. The van der Waals surface area contributed by atoms with Crippen molar-refractivity contribution in [2.24, 2.45) is 11.1 Å². The summed E-state index contributed by atoms with van der Waals surface area (Å²) in [4.78, 5) is 0. The van der Waals surface area contributed by atoms with Gasteiger partial charge < -0.3 is 5.73 Å². The maximum absolute atomic E-state index is 6.34. The standard InChI is InChI=1S/C13H18ClN/c1-13(7-2-3-8-13)12(15)10-5-4-6-11(14)9-10/h4-6,9,12H,2-3,7-8,15H2,1H3. The molecule has 2 heteroatoms. The quantitative estimate of drug-likeness (QED) is 0.808. The van der Waals surface area contributed by atoms with Crippen molar-refractivity contribution in [3.8, 4) is 0 Å². The fraction of sp³-hybridized carbons (Fsp3) is 0.538. The summed E-state index contributed by atoms with van der Waals surface area (Å²) in [7, 11) is 0. The third kappa shape index (κ3) is 2.19. The Kier molecular flexibility index (Phi) is 3.03. The highest BCUT2D eigenvalue weighted by molar-refractivity contribution is 6.30. The lowest BCUT2D eigenvalue weighted by Gasteiger charge is -2.31. The first-order chi connectivity index (χ1) is 7.12. The summed E-state index contributed by atoms with van der Waals surface area (Å²) in [6.45, 7) is 2.30. The smallest absolute Gasteiger partial charge is 0.0409 e. The molecule has 82 valence electrons. The molecule has 1 saturated carbocycles. The normalized spacial score (nSPS) is 21.5. The van der Waals surface area contributed by atoms with Crippen LogP contribution in [0.15, 0.2) is 24.3 Å². The molecule has 0 radical (unpaired) electrons. The third-order valence-corrected chi connectivity index (χ3v) is 3.94. The minimum Gasteiger partial charge on any atom is -0.323 e. The Balaban J connectivity index is 2.23. The summed E-state index contributed by atoms with van der Waals surface area (Å²) < 4.78 is 0. The van der Waals surface area contributed by atoms with Crippen molar-refractivity contribution in [2.75, 3.05) is 0 Å². The van der Waals surface area contributed by atoms with Gasteiger partial charge in [0.2, 0.25) is 0 Å². The van der Waals surface area contributed by atoms with E-state index in [1.807, 2.05) is 18.2 Å². The molecule has 0 bridgehead atoms. The van der Waals surface area contributed by atoms with Gasteiger partial charge in [-0.05, 0) is 36.0 Å². The first-order valence-corrected chi connectivity index (χ1v) is 6.01. The Bertz CT molecular complexity index is 342. The zero-order valence-electron chi connectivity index (χ0n) is 9.17. The first kappa shape index (κ1) is 11.0. The molecule has 2 N–H and O–H groups in total. The van der Waals surface area contributed by atoms with Crippen LogP contribution >= 0.6 is 11.6 Å². The molecule has 1 fully saturated rings. The van der Waals surface area contributed by atoms with Gasteiger partial charge in [-0.2, -0.15) is 0 Å².